The highest BCUT2D eigenvalue weighted by Crippen LogP contribution is 2.12. The second-order valence-corrected chi connectivity index (χ2v) is 3.07. The Morgan fingerprint density at radius 1 is 1.43 bits per heavy atom. The van der Waals surface area contributed by atoms with Gasteiger partial charge in [-0.25, -0.2) is 9.18 Å². The van der Waals surface area contributed by atoms with Crippen LogP contribution in [0.2, 0.25) is 0 Å². The largest absolute Gasteiger partial charge is 0.330 e. The summed E-state index contributed by atoms with van der Waals surface area (Å²) < 4.78 is 14.2. The van der Waals surface area contributed by atoms with Crippen molar-refractivity contribution in [3.8, 4) is 5.69 Å². The van der Waals surface area contributed by atoms with Gasteiger partial charge in [0, 0.05) is 12.4 Å². The molecule has 2 rings (SSSR count). The highest BCUT2D eigenvalue weighted by Gasteiger charge is 2.03. The Bertz CT molecular complexity index is 513. The van der Waals surface area contributed by atoms with Crippen LogP contribution in [0.25, 0.3) is 5.69 Å². The van der Waals surface area contributed by atoms with Crippen molar-refractivity contribution in [1.82, 2.24) is 9.55 Å². The quantitative estimate of drug-likeness (QED) is 0.732. The van der Waals surface area contributed by atoms with Crippen molar-refractivity contribution in [2.24, 2.45) is 0 Å². The molecule has 0 aliphatic heterocycles. The lowest BCUT2D eigenvalue weighted by Gasteiger charge is -2.04. The predicted octanol–water partition coefficient (Wildman–Crippen LogP) is 1.61. The molecule has 0 radical (unpaired) electrons. The second-order valence-electron chi connectivity index (χ2n) is 3.07. The van der Waals surface area contributed by atoms with Crippen molar-refractivity contribution in [2.45, 2.75) is 6.92 Å². The number of rotatable bonds is 1. The first-order chi connectivity index (χ1) is 6.68. The summed E-state index contributed by atoms with van der Waals surface area (Å²) in [6.45, 7) is 1.76. The SMILES string of the molecule is Cc1cc(F)ccc1-n1cc[nH]c1=O. The van der Waals surface area contributed by atoms with E-state index in [0.717, 1.165) is 5.56 Å². The molecule has 2 aromatic rings. The van der Waals surface area contributed by atoms with Gasteiger partial charge in [0.1, 0.15) is 5.82 Å². The highest BCUT2D eigenvalue weighted by molar-refractivity contribution is 5.40. The molecule has 0 aliphatic rings. The monoisotopic (exact) mass is 192 g/mol. The number of aromatic nitrogens is 2. The van der Waals surface area contributed by atoms with E-state index in [0.29, 0.717) is 5.69 Å². The fourth-order valence-electron chi connectivity index (χ4n) is 1.40. The van der Waals surface area contributed by atoms with Crippen molar-refractivity contribution >= 4 is 0 Å². The first-order valence-corrected chi connectivity index (χ1v) is 4.21. The van der Waals surface area contributed by atoms with Gasteiger partial charge in [0.05, 0.1) is 5.69 Å². The zero-order valence-electron chi connectivity index (χ0n) is 7.62. The lowest BCUT2D eigenvalue weighted by atomic mass is 10.2. The molecule has 0 fully saturated rings. The Morgan fingerprint density at radius 2 is 2.21 bits per heavy atom. The third-order valence-corrected chi connectivity index (χ3v) is 2.07. The number of aromatic amines is 1. The summed E-state index contributed by atoms with van der Waals surface area (Å²) in [6, 6.07) is 4.32. The average Bonchev–Trinajstić information content (AvgIpc) is 2.52. The molecular weight excluding hydrogens is 183 g/mol. The Hall–Kier alpha value is -1.84. The Morgan fingerprint density at radius 3 is 2.79 bits per heavy atom. The summed E-state index contributed by atoms with van der Waals surface area (Å²) in [7, 11) is 0. The van der Waals surface area contributed by atoms with Gasteiger partial charge in [0.15, 0.2) is 0 Å². The molecule has 0 bridgehead atoms. The second kappa shape index (κ2) is 3.14. The third-order valence-electron chi connectivity index (χ3n) is 2.07. The van der Waals surface area contributed by atoms with Gasteiger partial charge in [-0.2, -0.15) is 0 Å². The molecule has 1 N–H and O–H groups in total. The van der Waals surface area contributed by atoms with Gasteiger partial charge >= 0.3 is 5.69 Å². The van der Waals surface area contributed by atoms with Crippen LogP contribution in [-0.4, -0.2) is 9.55 Å². The van der Waals surface area contributed by atoms with Gasteiger partial charge in [-0.05, 0) is 30.7 Å². The van der Waals surface area contributed by atoms with Crippen molar-refractivity contribution in [3.05, 3.63) is 52.5 Å². The predicted molar refractivity (Wildman–Crippen MR) is 51.1 cm³/mol. The van der Waals surface area contributed by atoms with E-state index in [1.165, 1.54) is 16.7 Å². The highest BCUT2D eigenvalue weighted by atomic mass is 19.1. The first-order valence-electron chi connectivity index (χ1n) is 4.21. The fraction of sp³-hybridized carbons (Fsp3) is 0.100. The van der Waals surface area contributed by atoms with Crippen LogP contribution < -0.4 is 5.69 Å². The van der Waals surface area contributed by atoms with Gasteiger partial charge in [-0.1, -0.05) is 0 Å². The number of aryl methyl sites for hydroxylation is 1. The molecule has 72 valence electrons. The molecule has 0 spiro atoms. The minimum absolute atomic E-state index is 0.222. The zero-order chi connectivity index (χ0) is 10.1. The zero-order valence-corrected chi connectivity index (χ0v) is 7.62. The van der Waals surface area contributed by atoms with Crippen LogP contribution in [0.1, 0.15) is 5.56 Å². The summed E-state index contributed by atoms with van der Waals surface area (Å²) in [4.78, 5) is 13.8. The molecule has 14 heavy (non-hydrogen) atoms. The number of nitrogens with one attached hydrogen (secondary N) is 1. The summed E-state index contributed by atoms with van der Waals surface area (Å²) in [6.07, 6.45) is 3.16. The lowest BCUT2D eigenvalue weighted by Crippen LogP contribution is -2.14. The third kappa shape index (κ3) is 1.35. The molecule has 0 unspecified atom stereocenters. The van der Waals surface area contributed by atoms with Crippen LogP contribution in [0.3, 0.4) is 0 Å². The van der Waals surface area contributed by atoms with Crippen LogP contribution >= 0.6 is 0 Å². The van der Waals surface area contributed by atoms with E-state index in [1.54, 1.807) is 25.4 Å². The van der Waals surface area contributed by atoms with E-state index in [2.05, 4.69) is 4.98 Å². The number of nitrogens with zero attached hydrogens (tertiary/aromatic N) is 1. The van der Waals surface area contributed by atoms with Gasteiger partial charge < -0.3 is 4.98 Å². The molecule has 0 saturated carbocycles. The fourth-order valence-corrected chi connectivity index (χ4v) is 1.40. The van der Waals surface area contributed by atoms with E-state index in [9.17, 15) is 9.18 Å². The average molecular weight is 192 g/mol. The van der Waals surface area contributed by atoms with E-state index >= 15 is 0 Å². The molecule has 1 aromatic carbocycles. The number of H-pyrrole nitrogens is 1. The van der Waals surface area contributed by atoms with Crippen molar-refractivity contribution in [3.63, 3.8) is 0 Å². The molecule has 0 atom stereocenters. The molecule has 1 aromatic heterocycles. The molecule has 0 saturated heterocycles. The topological polar surface area (TPSA) is 37.8 Å². The smallest absolute Gasteiger partial charge is 0.312 e. The minimum Gasteiger partial charge on any atom is -0.312 e. The van der Waals surface area contributed by atoms with Gasteiger partial charge in [0.25, 0.3) is 0 Å². The molecule has 0 amide bonds. The number of hydrogen-bond acceptors (Lipinski definition) is 1. The van der Waals surface area contributed by atoms with Gasteiger partial charge in [-0.15, -0.1) is 0 Å². The van der Waals surface area contributed by atoms with E-state index < -0.39 is 0 Å². The normalized spacial score (nSPS) is 10.4. The molecule has 3 nitrogen and oxygen atoms in total. The van der Waals surface area contributed by atoms with Crippen LogP contribution in [0.15, 0.2) is 35.4 Å². The maximum Gasteiger partial charge on any atom is 0.330 e. The first kappa shape index (κ1) is 8.74. The summed E-state index contributed by atoms with van der Waals surface area (Å²) in [5, 5.41) is 0. The maximum atomic E-state index is 12.8. The maximum absolute atomic E-state index is 12.8. The van der Waals surface area contributed by atoms with Gasteiger partial charge in [0.2, 0.25) is 0 Å². The van der Waals surface area contributed by atoms with Crippen LogP contribution in [0.4, 0.5) is 4.39 Å². The standard InChI is InChI=1S/C10H9FN2O/c1-7-6-8(11)2-3-9(7)13-5-4-12-10(13)14/h2-6H,1H3,(H,12,14). The Labute approximate surface area is 79.8 Å². The van der Waals surface area contributed by atoms with Crippen molar-refractivity contribution < 1.29 is 4.39 Å². The molecule has 1 heterocycles. The summed E-state index contributed by atoms with van der Waals surface area (Å²) >= 11 is 0. The molecular formula is C10H9FN2O. The van der Waals surface area contributed by atoms with Crippen molar-refractivity contribution in [1.29, 1.82) is 0 Å². The number of hydrogen-bond donors (Lipinski definition) is 1. The van der Waals surface area contributed by atoms with Crippen LogP contribution in [0, 0.1) is 12.7 Å². The number of imidazole rings is 1. The minimum atomic E-state index is -0.296. The summed E-state index contributed by atoms with van der Waals surface area (Å²) in [5.74, 6) is -0.296. The van der Waals surface area contributed by atoms with E-state index in [4.69, 9.17) is 0 Å². The Balaban J connectivity index is 2.63. The molecule has 0 aliphatic carbocycles. The number of halogens is 1. The lowest BCUT2D eigenvalue weighted by molar-refractivity contribution is 0.626. The van der Waals surface area contributed by atoms with Crippen LogP contribution in [-0.2, 0) is 0 Å². The van der Waals surface area contributed by atoms with Gasteiger partial charge in [-0.3, -0.25) is 4.57 Å². The van der Waals surface area contributed by atoms with Crippen molar-refractivity contribution in [2.75, 3.05) is 0 Å². The molecule has 4 heteroatoms. The van der Waals surface area contributed by atoms with E-state index in [-0.39, 0.29) is 11.5 Å². The summed E-state index contributed by atoms with van der Waals surface area (Å²) in [5.41, 5.74) is 1.20. The number of benzene rings is 1. The van der Waals surface area contributed by atoms with E-state index in [1.807, 2.05) is 0 Å². The Kier molecular flexibility index (Phi) is 1.96. The van der Waals surface area contributed by atoms with Crippen LogP contribution in [0.5, 0.6) is 0 Å².